The minimum Gasteiger partial charge on any atom is -0.0995 e. The van der Waals surface area contributed by atoms with Gasteiger partial charge in [-0.2, -0.15) is 0 Å². The first-order valence-corrected chi connectivity index (χ1v) is 4.90. The minimum atomic E-state index is 0.408. The lowest BCUT2D eigenvalue weighted by atomic mass is 9.76. The van der Waals surface area contributed by atoms with Crippen LogP contribution in [-0.2, 0) is 0 Å². The van der Waals surface area contributed by atoms with Crippen molar-refractivity contribution in [2.45, 2.75) is 47.5 Å². The lowest BCUT2D eigenvalue weighted by molar-refractivity contribution is 0.243. The SMILES string of the molecule is C=C1CC(C)(C)CC1C(C)(C)C. The van der Waals surface area contributed by atoms with Gasteiger partial charge in [-0.05, 0) is 29.6 Å². The maximum absolute atomic E-state index is 4.20. The van der Waals surface area contributed by atoms with Gasteiger partial charge in [0.25, 0.3) is 0 Å². The molecule has 0 aromatic rings. The summed E-state index contributed by atoms with van der Waals surface area (Å²) in [4.78, 5) is 0. The van der Waals surface area contributed by atoms with E-state index in [-0.39, 0.29) is 0 Å². The van der Waals surface area contributed by atoms with E-state index in [1.165, 1.54) is 18.4 Å². The molecule has 0 radical (unpaired) electrons. The fourth-order valence-corrected chi connectivity index (χ4v) is 2.43. The van der Waals surface area contributed by atoms with Gasteiger partial charge in [-0.1, -0.05) is 46.8 Å². The molecule has 12 heavy (non-hydrogen) atoms. The molecule has 0 nitrogen and oxygen atoms in total. The van der Waals surface area contributed by atoms with Gasteiger partial charge in [-0.25, -0.2) is 0 Å². The van der Waals surface area contributed by atoms with Crippen LogP contribution in [0, 0.1) is 16.7 Å². The van der Waals surface area contributed by atoms with E-state index in [0.29, 0.717) is 10.8 Å². The zero-order chi connectivity index (χ0) is 9.57. The molecule has 0 aromatic carbocycles. The average molecular weight is 166 g/mol. The Kier molecular flexibility index (Phi) is 2.14. The predicted octanol–water partition coefficient (Wildman–Crippen LogP) is 4.02. The second kappa shape index (κ2) is 2.61. The van der Waals surface area contributed by atoms with Gasteiger partial charge in [-0.15, -0.1) is 0 Å². The van der Waals surface area contributed by atoms with Crippen LogP contribution >= 0.6 is 0 Å². The third-order valence-electron chi connectivity index (χ3n) is 3.00. The van der Waals surface area contributed by atoms with Crippen molar-refractivity contribution in [2.24, 2.45) is 16.7 Å². The Morgan fingerprint density at radius 1 is 1.33 bits per heavy atom. The summed E-state index contributed by atoms with van der Waals surface area (Å²) < 4.78 is 0. The van der Waals surface area contributed by atoms with E-state index < -0.39 is 0 Å². The van der Waals surface area contributed by atoms with Crippen LogP contribution in [0.3, 0.4) is 0 Å². The van der Waals surface area contributed by atoms with E-state index in [2.05, 4.69) is 41.2 Å². The molecule has 0 spiro atoms. The van der Waals surface area contributed by atoms with Crippen molar-refractivity contribution in [3.8, 4) is 0 Å². The molecule has 0 N–H and O–H groups in total. The van der Waals surface area contributed by atoms with E-state index in [1.807, 2.05) is 0 Å². The molecule has 0 amide bonds. The van der Waals surface area contributed by atoms with Crippen LogP contribution < -0.4 is 0 Å². The van der Waals surface area contributed by atoms with Crippen molar-refractivity contribution in [3.05, 3.63) is 12.2 Å². The molecule has 1 unspecified atom stereocenters. The van der Waals surface area contributed by atoms with Crippen molar-refractivity contribution in [2.75, 3.05) is 0 Å². The average Bonchev–Trinajstić information content (AvgIpc) is 2.03. The van der Waals surface area contributed by atoms with E-state index in [1.54, 1.807) is 0 Å². The number of hydrogen-bond donors (Lipinski definition) is 0. The molecule has 1 aliphatic rings. The normalized spacial score (nSPS) is 29.4. The monoisotopic (exact) mass is 166 g/mol. The molecule has 0 heteroatoms. The fraction of sp³-hybridized carbons (Fsp3) is 0.833. The summed E-state index contributed by atoms with van der Waals surface area (Å²) in [6.07, 6.45) is 2.53. The highest BCUT2D eigenvalue weighted by Gasteiger charge is 2.39. The van der Waals surface area contributed by atoms with Gasteiger partial charge in [0.1, 0.15) is 0 Å². The van der Waals surface area contributed by atoms with E-state index in [0.717, 1.165) is 5.92 Å². The standard InChI is InChI=1S/C12H22/c1-9-7-12(5,6)8-10(9)11(2,3)4/h10H,1,7-8H2,2-6H3. The highest BCUT2D eigenvalue weighted by molar-refractivity contribution is 5.14. The van der Waals surface area contributed by atoms with E-state index >= 15 is 0 Å². The zero-order valence-electron chi connectivity index (χ0n) is 9.20. The van der Waals surface area contributed by atoms with Crippen LogP contribution in [0.1, 0.15) is 47.5 Å². The summed E-state index contributed by atoms with van der Waals surface area (Å²) in [5.74, 6) is 0.729. The number of rotatable bonds is 0. The maximum atomic E-state index is 4.20. The number of hydrogen-bond acceptors (Lipinski definition) is 0. The Labute approximate surface area is 77.1 Å². The first-order chi connectivity index (χ1) is 5.22. The third-order valence-corrected chi connectivity index (χ3v) is 3.00. The molecular formula is C12H22. The van der Waals surface area contributed by atoms with Crippen LogP contribution in [0.5, 0.6) is 0 Å². The Morgan fingerprint density at radius 2 is 1.83 bits per heavy atom. The van der Waals surface area contributed by atoms with Gasteiger partial charge < -0.3 is 0 Å². The summed E-state index contributed by atoms with van der Waals surface area (Å²) in [6, 6.07) is 0. The molecule has 1 rings (SSSR count). The van der Waals surface area contributed by atoms with Crippen molar-refractivity contribution in [1.29, 1.82) is 0 Å². The van der Waals surface area contributed by atoms with Crippen molar-refractivity contribution in [1.82, 2.24) is 0 Å². The molecule has 1 saturated carbocycles. The van der Waals surface area contributed by atoms with Gasteiger partial charge in [0, 0.05) is 0 Å². The highest BCUT2D eigenvalue weighted by Crippen LogP contribution is 2.50. The lowest BCUT2D eigenvalue weighted by Gasteiger charge is -2.28. The summed E-state index contributed by atoms with van der Waals surface area (Å²) in [7, 11) is 0. The molecule has 0 heterocycles. The quantitative estimate of drug-likeness (QED) is 0.477. The van der Waals surface area contributed by atoms with Crippen LogP contribution in [0.25, 0.3) is 0 Å². The van der Waals surface area contributed by atoms with Gasteiger partial charge >= 0.3 is 0 Å². The Balaban J connectivity index is 2.78. The van der Waals surface area contributed by atoms with Crippen molar-refractivity contribution < 1.29 is 0 Å². The molecule has 0 aromatic heterocycles. The van der Waals surface area contributed by atoms with Crippen LogP contribution in [0.15, 0.2) is 12.2 Å². The molecule has 1 fully saturated rings. The first-order valence-electron chi connectivity index (χ1n) is 4.90. The second-order valence-electron chi connectivity index (χ2n) is 6.12. The Hall–Kier alpha value is -0.260. The Bertz CT molecular complexity index is 191. The first kappa shape index (κ1) is 9.83. The van der Waals surface area contributed by atoms with Gasteiger partial charge in [-0.3, -0.25) is 0 Å². The second-order valence-corrected chi connectivity index (χ2v) is 6.12. The molecule has 70 valence electrons. The summed E-state index contributed by atoms with van der Waals surface area (Å²) in [5, 5.41) is 0. The zero-order valence-corrected chi connectivity index (χ0v) is 9.20. The van der Waals surface area contributed by atoms with Crippen LogP contribution in [0.2, 0.25) is 0 Å². The van der Waals surface area contributed by atoms with Crippen molar-refractivity contribution >= 4 is 0 Å². The minimum absolute atomic E-state index is 0.408. The van der Waals surface area contributed by atoms with Gasteiger partial charge in [0.15, 0.2) is 0 Å². The highest BCUT2D eigenvalue weighted by atomic mass is 14.4. The third kappa shape index (κ3) is 1.91. The van der Waals surface area contributed by atoms with Crippen molar-refractivity contribution in [3.63, 3.8) is 0 Å². The van der Waals surface area contributed by atoms with Crippen LogP contribution in [-0.4, -0.2) is 0 Å². The maximum Gasteiger partial charge on any atom is -0.0152 e. The fourth-order valence-electron chi connectivity index (χ4n) is 2.43. The molecule has 1 atom stereocenters. The number of allylic oxidation sites excluding steroid dienone is 1. The summed E-state index contributed by atoms with van der Waals surface area (Å²) in [6.45, 7) is 15.9. The molecule has 1 aliphatic carbocycles. The molecule has 0 saturated heterocycles. The summed E-state index contributed by atoms with van der Waals surface area (Å²) in [5.41, 5.74) is 2.37. The topological polar surface area (TPSA) is 0 Å². The van der Waals surface area contributed by atoms with Gasteiger partial charge in [0.2, 0.25) is 0 Å². The molecular weight excluding hydrogens is 144 g/mol. The lowest BCUT2D eigenvalue weighted by Crippen LogP contribution is -2.19. The summed E-state index contributed by atoms with van der Waals surface area (Å²) >= 11 is 0. The Morgan fingerprint density at radius 3 is 2.00 bits per heavy atom. The van der Waals surface area contributed by atoms with Crippen LogP contribution in [0.4, 0.5) is 0 Å². The largest absolute Gasteiger partial charge is 0.0995 e. The molecule has 0 aliphatic heterocycles. The van der Waals surface area contributed by atoms with E-state index in [9.17, 15) is 0 Å². The van der Waals surface area contributed by atoms with Gasteiger partial charge in [0.05, 0.1) is 0 Å². The molecule has 0 bridgehead atoms. The smallest absolute Gasteiger partial charge is 0.0152 e. The van der Waals surface area contributed by atoms with E-state index in [4.69, 9.17) is 0 Å². The predicted molar refractivity (Wildman–Crippen MR) is 55.1 cm³/mol.